The maximum absolute atomic E-state index is 12.3. The van der Waals surface area contributed by atoms with Crippen LogP contribution in [0.2, 0.25) is 0 Å². The van der Waals surface area contributed by atoms with Crippen LogP contribution in [0.25, 0.3) is 11.1 Å². The van der Waals surface area contributed by atoms with E-state index in [0.29, 0.717) is 11.3 Å². The normalized spacial score (nSPS) is 12.2. The minimum Gasteiger partial charge on any atom is -0.339 e. The Morgan fingerprint density at radius 3 is 2.10 bits per heavy atom. The van der Waals surface area contributed by atoms with Crippen LogP contribution in [-0.4, -0.2) is 41.6 Å². The molecule has 0 heterocycles. The minimum absolute atomic E-state index is 0.164. The first-order chi connectivity index (χ1) is 14.9. The fraction of sp³-hybridized carbons (Fsp3) is 0.238. The highest BCUT2D eigenvalue weighted by molar-refractivity contribution is 5.98. The van der Waals surface area contributed by atoms with Crippen molar-refractivity contribution in [1.82, 2.24) is 10.8 Å². The van der Waals surface area contributed by atoms with E-state index in [9.17, 15) is 14.4 Å². The second-order valence-electron chi connectivity index (χ2n) is 6.69. The third-order valence-corrected chi connectivity index (χ3v) is 4.50. The second kappa shape index (κ2) is 11.4. The molecule has 0 spiro atoms. The van der Waals surface area contributed by atoms with Gasteiger partial charge in [0.05, 0.1) is 12.1 Å². The average Bonchev–Trinajstić information content (AvgIpc) is 2.80. The first-order valence-corrected chi connectivity index (χ1v) is 9.48. The summed E-state index contributed by atoms with van der Waals surface area (Å²) in [4.78, 5) is 35.7. The van der Waals surface area contributed by atoms with E-state index in [1.807, 2.05) is 18.2 Å². The molecule has 2 rings (SSSR count). The standard InChI is InChI=1S/C21H24N6O4/c22-11-1-2-17(24)20(29)25-16-9-7-14(8-10-16)13-3-5-15(6-4-13)19(28)26-18(12-23)21(30)27-31/h3-10,17-18,31H,1-2,12,23-24H2,(H,25,29)(H,26,28)(H,27,30)/t17-,18-/m0/s1. The summed E-state index contributed by atoms with van der Waals surface area (Å²) in [5.74, 6) is -1.66. The third-order valence-electron chi connectivity index (χ3n) is 4.50. The zero-order chi connectivity index (χ0) is 22.8. The van der Waals surface area contributed by atoms with Crippen molar-refractivity contribution < 1.29 is 19.6 Å². The van der Waals surface area contributed by atoms with Gasteiger partial charge in [-0.3, -0.25) is 19.6 Å². The number of carbonyl (C=O) groups excluding carboxylic acids is 3. The summed E-state index contributed by atoms with van der Waals surface area (Å²) in [5.41, 5.74) is 15.2. The largest absolute Gasteiger partial charge is 0.339 e. The van der Waals surface area contributed by atoms with Crippen LogP contribution in [0, 0.1) is 11.3 Å². The maximum atomic E-state index is 12.3. The Kier molecular flexibility index (Phi) is 8.65. The Labute approximate surface area is 179 Å². The van der Waals surface area contributed by atoms with Crippen LogP contribution in [0.5, 0.6) is 0 Å². The number of benzene rings is 2. The van der Waals surface area contributed by atoms with Gasteiger partial charge >= 0.3 is 0 Å². The van der Waals surface area contributed by atoms with Crippen molar-refractivity contribution in [2.75, 3.05) is 11.9 Å². The SMILES string of the molecule is N#CCC[C@H](N)C(=O)Nc1ccc(-c2ccc(C(=O)N[C@@H](CN)C(=O)NO)cc2)cc1. The lowest BCUT2D eigenvalue weighted by Gasteiger charge is -2.14. The number of anilines is 1. The van der Waals surface area contributed by atoms with Gasteiger partial charge in [0.25, 0.3) is 11.8 Å². The van der Waals surface area contributed by atoms with Crippen LogP contribution in [0.4, 0.5) is 5.69 Å². The molecule has 3 amide bonds. The van der Waals surface area contributed by atoms with Crippen LogP contribution >= 0.6 is 0 Å². The van der Waals surface area contributed by atoms with Gasteiger partial charge in [-0.15, -0.1) is 0 Å². The van der Waals surface area contributed by atoms with Gasteiger partial charge in [-0.05, 0) is 41.8 Å². The van der Waals surface area contributed by atoms with Gasteiger partial charge in [0.15, 0.2) is 0 Å². The Hall–Kier alpha value is -3.78. The molecule has 31 heavy (non-hydrogen) atoms. The predicted octanol–water partition coefficient (Wildman–Crippen LogP) is 0.486. The molecule has 0 aliphatic carbocycles. The van der Waals surface area contributed by atoms with Crippen molar-refractivity contribution in [3.63, 3.8) is 0 Å². The highest BCUT2D eigenvalue weighted by Crippen LogP contribution is 2.22. The molecule has 0 unspecified atom stereocenters. The average molecular weight is 424 g/mol. The third kappa shape index (κ3) is 6.61. The van der Waals surface area contributed by atoms with Crippen LogP contribution in [0.1, 0.15) is 23.2 Å². The summed E-state index contributed by atoms with van der Waals surface area (Å²) in [6, 6.07) is 13.9. The molecule has 2 aromatic rings. The van der Waals surface area contributed by atoms with Crippen molar-refractivity contribution >= 4 is 23.4 Å². The molecule has 8 N–H and O–H groups in total. The molecule has 0 radical (unpaired) electrons. The quantitative estimate of drug-likeness (QED) is 0.250. The second-order valence-corrected chi connectivity index (χ2v) is 6.69. The molecule has 162 valence electrons. The van der Waals surface area contributed by atoms with Gasteiger partial charge in [-0.25, -0.2) is 5.48 Å². The van der Waals surface area contributed by atoms with Gasteiger partial charge in [0.1, 0.15) is 6.04 Å². The summed E-state index contributed by atoms with van der Waals surface area (Å²) in [6.45, 7) is -0.164. The number of nitriles is 1. The molecular weight excluding hydrogens is 400 g/mol. The lowest BCUT2D eigenvalue weighted by Crippen LogP contribution is -2.50. The molecule has 0 aliphatic rings. The fourth-order valence-electron chi connectivity index (χ4n) is 2.70. The smallest absolute Gasteiger partial charge is 0.267 e. The Morgan fingerprint density at radius 2 is 1.58 bits per heavy atom. The molecule has 2 aromatic carbocycles. The summed E-state index contributed by atoms with van der Waals surface area (Å²) < 4.78 is 0. The summed E-state index contributed by atoms with van der Waals surface area (Å²) in [7, 11) is 0. The van der Waals surface area contributed by atoms with Crippen LogP contribution in [-0.2, 0) is 9.59 Å². The molecule has 0 saturated heterocycles. The molecular formula is C21H24N6O4. The van der Waals surface area contributed by atoms with Crippen molar-refractivity contribution in [3.05, 3.63) is 54.1 Å². The van der Waals surface area contributed by atoms with Gasteiger partial charge < -0.3 is 22.1 Å². The molecule has 0 saturated carbocycles. The topological polar surface area (TPSA) is 183 Å². The number of hydrogen-bond donors (Lipinski definition) is 6. The van der Waals surface area contributed by atoms with E-state index in [1.165, 1.54) is 5.48 Å². The minimum atomic E-state index is -1.05. The van der Waals surface area contributed by atoms with E-state index < -0.39 is 23.9 Å². The summed E-state index contributed by atoms with van der Waals surface area (Å²) >= 11 is 0. The first kappa shape index (κ1) is 23.5. The Balaban J connectivity index is 2.01. The number of nitrogens with one attached hydrogen (secondary N) is 3. The van der Waals surface area contributed by atoms with Gasteiger partial charge in [-0.2, -0.15) is 5.26 Å². The molecule has 10 heteroatoms. The predicted molar refractivity (Wildman–Crippen MR) is 114 cm³/mol. The zero-order valence-corrected chi connectivity index (χ0v) is 16.7. The lowest BCUT2D eigenvalue weighted by atomic mass is 10.0. The molecule has 0 aromatic heterocycles. The number of nitrogens with two attached hydrogens (primary N) is 2. The monoisotopic (exact) mass is 424 g/mol. The van der Waals surface area contributed by atoms with Crippen molar-refractivity contribution in [2.45, 2.75) is 24.9 Å². The van der Waals surface area contributed by atoms with E-state index in [-0.39, 0.29) is 25.3 Å². The number of nitrogens with zero attached hydrogens (tertiary/aromatic N) is 1. The molecule has 10 nitrogen and oxygen atoms in total. The summed E-state index contributed by atoms with van der Waals surface area (Å²) in [6.07, 6.45) is 0.500. The Morgan fingerprint density at radius 1 is 1.00 bits per heavy atom. The van der Waals surface area contributed by atoms with Gasteiger partial charge in [-0.1, -0.05) is 24.3 Å². The number of hydrogen-bond acceptors (Lipinski definition) is 7. The van der Waals surface area contributed by atoms with Crippen molar-refractivity contribution in [1.29, 1.82) is 5.26 Å². The van der Waals surface area contributed by atoms with E-state index in [0.717, 1.165) is 11.1 Å². The lowest BCUT2D eigenvalue weighted by molar-refractivity contribution is -0.130. The van der Waals surface area contributed by atoms with E-state index in [4.69, 9.17) is 21.9 Å². The number of carbonyl (C=O) groups is 3. The van der Waals surface area contributed by atoms with Crippen molar-refractivity contribution in [3.8, 4) is 17.2 Å². The highest BCUT2D eigenvalue weighted by Gasteiger charge is 2.19. The fourth-order valence-corrected chi connectivity index (χ4v) is 2.70. The zero-order valence-electron chi connectivity index (χ0n) is 16.7. The number of hydroxylamine groups is 1. The van der Waals surface area contributed by atoms with Crippen LogP contribution < -0.4 is 27.6 Å². The number of rotatable bonds is 9. The van der Waals surface area contributed by atoms with Gasteiger partial charge in [0.2, 0.25) is 5.91 Å². The van der Waals surface area contributed by atoms with E-state index in [2.05, 4.69) is 10.6 Å². The van der Waals surface area contributed by atoms with Crippen LogP contribution in [0.15, 0.2) is 48.5 Å². The molecule has 0 bridgehead atoms. The molecule has 0 fully saturated rings. The van der Waals surface area contributed by atoms with Crippen LogP contribution in [0.3, 0.4) is 0 Å². The van der Waals surface area contributed by atoms with E-state index in [1.54, 1.807) is 36.4 Å². The Bertz CT molecular complexity index is 953. The van der Waals surface area contributed by atoms with Gasteiger partial charge in [0, 0.05) is 24.2 Å². The summed E-state index contributed by atoms with van der Waals surface area (Å²) in [5, 5.41) is 22.4. The number of amides is 3. The first-order valence-electron chi connectivity index (χ1n) is 9.48. The van der Waals surface area contributed by atoms with Crippen molar-refractivity contribution in [2.24, 2.45) is 11.5 Å². The van der Waals surface area contributed by atoms with E-state index >= 15 is 0 Å². The highest BCUT2D eigenvalue weighted by atomic mass is 16.5. The maximum Gasteiger partial charge on any atom is 0.267 e. The molecule has 0 aliphatic heterocycles. The molecule has 2 atom stereocenters.